The maximum absolute atomic E-state index is 12.3. The highest BCUT2D eigenvalue weighted by Gasteiger charge is 2.46. The van der Waals surface area contributed by atoms with Gasteiger partial charge in [-0.05, 0) is 51.0 Å². The first-order valence-electron chi connectivity index (χ1n) is 6.56. The zero-order chi connectivity index (χ0) is 16.1. The summed E-state index contributed by atoms with van der Waals surface area (Å²) in [5.41, 5.74) is 0.438. The van der Waals surface area contributed by atoms with E-state index in [9.17, 15) is 13.6 Å². The van der Waals surface area contributed by atoms with E-state index in [1.54, 1.807) is 17.4 Å². The van der Waals surface area contributed by atoms with Crippen LogP contribution in [0.3, 0.4) is 0 Å². The van der Waals surface area contributed by atoms with Crippen LogP contribution >= 0.6 is 0 Å². The molecule has 111 valence electrons. The third-order valence-electron chi connectivity index (χ3n) is 3.82. The molecule has 0 atom stereocenters. The van der Waals surface area contributed by atoms with Crippen molar-refractivity contribution in [1.29, 1.82) is 0 Å². The fraction of sp³-hybridized carbons (Fsp3) is 0.375. The normalized spacial score (nSPS) is 20.9. The van der Waals surface area contributed by atoms with Gasteiger partial charge in [-0.25, -0.2) is 8.42 Å². The summed E-state index contributed by atoms with van der Waals surface area (Å²) in [6.07, 6.45) is 6.92. The molecule has 0 aliphatic carbocycles. The first kappa shape index (κ1) is 15.8. The van der Waals surface area contributed by atoms with Gasteiger partial charge in [0, 0.05) is 5.25 Å². The highest BCUT2D eigenvalue weighted by molar-refractivity contribution is 7.96. The zero-order valence-corrected chi connectivity index (χ0v) is 13.4. The summed E-state index contributed by atoms with van der Waals surface area (Å²) in [6.45, 7) is 7.41. The highest BCUT2D eigenvalue weighted by Crippen LogP contribution is 2.43. The summed E-state index contributed by atoms with van der Waals surface area (Å²) >= 11 is 0. The second-order valence-electron chi connectivity index (χ2n) is 6.21. The lowest BCUT2D eigenvalue weighted by atomic mass is 9.90. The minimum atomic E-state index is -3.66. The fourth-order valence-corrected chi connectivity index (χ4v) is 3.37. The largest absolute Gasteiger partial charge is 0.244 e. The molecule has 1 aliphatic rings. The van der Waals surface area contributed by atoms with Crippen LogP contribution in [0.15, 0.2) is 35.2 Å². The van der Waals surface area contributed by atoms with E-state index in [4.69, 9.17) is 6.42 Å². The van der Waals surface area contributed by atoms with Gasteiger partial charge in [0.15, 0.2) is 0 Å². The molecule has 1 aromatic carbocycles. The van der Waals surface area contributed by atoms with Crippen molar-refractivity contribution in [3.8, 4) is 11.7 Å². The quantitative estimate of drug-likeness (QED) is 0.623. The van der Waals surface area contributed by atoms with Crippen LogP contribution in [0, 0.1) is 11.7 Å². The van der Waals surface area contributed by atoms with Crippen molar-refractivity contribution in [3.63, 3.8) is 0 Å². The van der Waals surface area contributed by atoms with E-state index in [0.29, 0.717) is 0 Å². The van der Waals surface area contributed by atoms with Crippen LogP contribution in [0.1, 0.15) is 33.3 Å². The Hall–Kier alpha value is -1.61. The average Bonchev–Trinajstić information content (AvgIpc) is 2.59. The molecule has 0 bridgehead atoms. The molecule has 1 heterocycles. The molecule has 1 aromatic rings. The standard InChI is InChI=1S/C16H18NO3S/c1-6-21(19,20)13-9-7-12(8-10-13)14-11-15(2,3)17(18)16(14,4)5/h1,7-11H,2-5H3. The molecular weight excluding hydrogens is 286 g/mol. The van der Waals surface area contributed by atoms with E-state index in [-0.39, 0.29) is 4.90 Å². The Kier molecular flexibility index (Phi) is 3.53. The van der Waals surface area contributed by atoms with Gasteiger partial charge in [0.05, 0.1) is 16.0 Å². The predicted octanol–water partition coefficient (Wildman–Crippen LogP) is 2.65. The molecule has 5 heteroatoms. The van der Waals surface area contributed by atoms with E-state index < -0.39 is 20.9 Å². The second-order valence-corrected chi connectivity index (χ2v) is 7.92. The van der Waals surface area contributed by atoms with Crippen LogP contribution in [-0.2, 0) is 15.0 Å². The van der Waals surface area contributed by atoms with E-state index in [1.807, 2.05) is 33.8 Å². The number of hydrogen-bond donors (Lipinski definition) is 0. The van der Waals surface area contributed by atoms with Crippen molar-refractivity contribution in [2.75, 3.05) is 0 Å². The third-order valence-corrected chi connectivity index (χ3v) is 5.02. The van der Waals surface area contributed by atoms with Gasteiger partial charge in [-0.1, -0.05) is 18.2 Å². The molecule has 0 saturated heterocycles. The summed E-state index contributed by atoms with van der Waals surface area (Å²) in [5.74, 6) is 0. The minimum Gasteiger partial charge on any atom is -0.210 e. The van der Waals surface area contributed by atoms with Crippen molar-refractivity contribution >= 4 is 15.4 Å². The molecule has 0 aromatic heterocycles. The highest BCUT2D eigenvalue weighted by atomic mass is 32.2. The zero-order valence-electron chi connectivity index (χ0n) is 12.5. The number of hydroxylamine groups is 2. The van der Waals surface area contributed by atoms with Gasteiger partial charge >= 0.3 is 0 Å². The van der Waals surface area contributed by atoms with Crippen molar-refractivity contribution in [3.05, 3.63) is 35.9 Å². The summed E-state index contributed by atoms with van der Waals surface area (Å²) < 4.78 is 23.2. The second kappa shape index (κ2) is 4.70. The third kappa shape index (κ3) is 2.51. The number of rotatable bonds is 2. The lowest BCUT2D eigenvalue weighted by molar-refractivity contribution is -0.234. The number of sulfone groups is 1. The molecule has 0 amide bonds. The van der Waals surface area contributed by atoms with Gasteiger partial charge in [-0.3, -0.25) is 0 Å². The SMILES string of the molecule is C#CS(=O)(=O)c1ccc(C2=CC(C)(C)N([O])C2(C)C)cc1. The molecule has 1 radical (unpaired) electrons. The van der Waals surface area contributed by atoms with Crippen molar-refractivity contribution < 1.29 is 13.6 Å². The summed E-state index contributed by atoms with van der Waals surface area (Å²) in [4.78, 5) is 0.0865. The van der Waals surface area contributed by atoms with Crippen LogP contribution in [-0.4, -0.2) is 24.6 Å². The van der Waals surface area contributed by atoms with Crippen LogP contribution in [0.2, 0.25) is 0 Å². The molecule has 0 unspecified atom stereocenters. The number of hydrogen-bond acceptors (Lipinski definition) is 3. The van der Waals surface area contributed by atoms with E-state index >= 15 is 0 Å². The molecule has 1 aliphatic heterocycles. The predicted molar refractivity (Wildman–Crippen MR) is 81.1 cm³/mol. The molecule has 0 saturated carbocycles. The molecule has 21 heavy (non-hydrogen) atoms. The van der Waals surface area contributed by atoms with Gasteiger partial charge in [0.1, 0.15) is 0 Å². The first-order valence-corrected chi connectivity index (χ1v) is 8.04. The first-order chi connectivity index (χ1) is 9.52. The monoisotopic (exact) mass is 304 g/mol. The maximum atomic E-state index is 12.3. The van der Waals surface area contributed by atoms with Gasteiger partial charge in [-0.15, -0.1) is 16.7 Å². The number of terminal acetylenes is 1. The van der Waals surface area contributed by atoms with Crippen molar-refractivity contribution in [2.45, 2.75) is 43.7 Å². The molecule has 0 fully saturated rings. The van der Waals surface area contributed by atoms with Gasteiger partial charge < -0.3 is 0 Å². The lowest BCUT2D eigenvalue weighted by Crippen LogP contribution is -2.46. The fourth-order valence-electron chi connectivity index (χ4n) is 2.74. The van der Waals surface area contributed by atoms with Crippen LogP contribution in [0.5, 0.6) is 0 Å². The van der Waals surface area contributed by atoms with Crippen LogP contribution in [0.25, 0.3) is 5.57 Å². The smallest absolute Gasteiger partial charge is 0.210 e. The Morgan fingerprint density at radius 3 is 2.00 bits per heavy atom. The molecule has 0 N–H and O–H groups in total. The molecule has 4 nitrogen and oxygen atoms in total. The van der Waals surface area contributed by atoms with Crippen LogP contribution in [0.4, 0.5) is 0 Å². The van der Waals surface area contributed by atoms with Crippen molar-refractivity contribution in [1.82, 2.24) is 5.06 Å². The van der Waals surface area contributed by atoms with E-state index in [1.165, 1.54) is 12.1 Å². The molecule has 0 spiro atoms. The minimum absolute atomic E-state index is 0.0865. The Labute approximate surface area is 126 Å². The van der Waals surface area contributed by atoms with Crippen LogP contribution < -0.4 is 0 Å². The molecular formula is C16H18NO3S. The lowest BCUT2D eigenvalue weighted by Gasteiger charge is -2.34. The summed E-state index contributed by atoms with van der Waals surface area (Å²) in [5, 5.41) is 15.2. The summed E-state index contributed by atoms with van der Waals surface area (Å²) in [6, 6.07) is 6.32. The number of benzene rings is 1. The van der Waals surface area contributed by atoms with Gasteiger partial charge in [-0.2, -0.15) is 0 Å². The van der Waals surface area contributed by atoms with Crippen molar-refractivity contribution in [2.24, 2.45) is 0 Å². The number of nitrogens with zero attached hydrogens (tertiary/aromatic N) is 1. The Balaban J connectivity index is 2.48. The Bertz CT molecular complexity index is 735. The molecule has 2 rings (SSSR count). The summed E-state index contributed by atoms with van der Waals surface area (Å²) in [7, 11) is -3.66. The van der Waals surface area contributed by atoms with E-state index in [2.05, 4.69) is 0 Å². The van der Waals surface area contributed by atoms with Gasteiger partial charge in [0.25, 0.3) is 0 Å². The Morgan fingerprint density at radius 1 is 1.10 bits per heavy atom. The topological polar surface area (TPSA) is 57.3 Å². The van der Waals surface area contributed by atoms with E-state index in [0.717, 1.165) is 16.2 Å². The maximum Gasteiger partial charge on any atom is 0.244 e. The average molecular weight is 304 g/mol. The van der Waals surface area contributed by atoms with Gasteiger partial charge in [0.2, 0.25) is 9.84 Å². The Morgan fingerprint density at radius 2 is 1.62 bits per heavy atom.